The van der Waals surface area contributed by atoms with Gasteiger partial charge in [0, 0.05) is 31.8 Å². The minimum Gasteiger partial charge on any atom is -0.390 e. The molecule has 1 aromatic rings. The first-order valence-electron chi connectivity index (χ1n) is 10.4. The van der Waals surface area contributed by atoms with Crippen molar-refractivity contribution in [3.63, 3.8) is 0 Å². The van der Waals surface area contributed by atoms with Crippen LogP contribution in [0.3, 0.4) is 0 Å². The Balaban J connectivity index is 1.62. The highest BCUT2D eigenvalue weighted by molar-refractivity contribution is 5.94. The maximum atomic E-state index is 13.1. The first-order valence-corrected chi connectivity index (χ1v) is 10.4. The van der Waals surface area contributed by atoms with E-state index < -0.39 is 5.60 Å². The molecule has 1 atom stereocenters. The highest BCUT2D eigenvalue weighted by Crippen LogP contribution is 2.18. The van der Waals surface area contributed by atoms with E-state index >= 15 is 0 Å². The summed E-state index contributed by atoms with van der Waals surface area (Å²) in [5.41, 5.74) is 1.15. The second-order valence-electron chi connectivity index (χ2n) is 8.62. The van der Waals surface area contributed by atoms with Gasteiger partial charge in [-0.05, 0) is 76.7 Å². The van der Waals surface area contributed by atoms with Gasteiger partial charge in [0.25, 0.3) is 5.91 Å². The summed E-state index contributed by atoms with van der Waals surface area (Å²) in [4.78, 5) is 17.5. The van der Waals surface area contributed by atoms with Crippen LogP contribution in [0.15, 0.2) is 24.3 Å². The van der Waals surface area contributed by atoms with Crippen molar-refractivity contribution in [2.75, 3.05) is 39.3 Å². The van der Waals surface area contributed by atoms with Crippen LogP contribution in [0.1, 0.15) is 55.5 Å². The second-order valence-corrected chi connectivity index (χ2v) is 8.62. The van der Waals surface area contributed by atoms with Gasteiger partial charge >= 0.3 is 0 Å². The van der Waals surface area contributed by atoms with E-state index in [0.717, 1.165) is 56.8 Å². The quantitative estimate of drug-likeness (QED) is 0.832. The van der Waals surface area contributed by atoms with Crippen LogP contribution in [0.5, 0.6) is 0 Å². The summed E-state index contributed by atoms with van der Waals surface area (Å²) in [6.07, 6.45) is 4.99. The van der Waals surface area contributed by atoms with Crippen molar-refractivity contribution in [1.82, 2.24) is 9.80 Å². The van der Waals surface area contributed by atoms with Gasteiger partial charge in [0.2, 0.25) is 0 Å². The zero-order chi connectivity index (χ0) is 19.3. The van der Waals surface area contributed by atoms with Crippen molar-refractivity contribution in [3.8, 4) is 0 Å². The predicted molar refractivity (Wildman–Crippen MR) is 107 cm³/mol. The number of ether oxygens (including phenoxy) is 1. The number of nitrogens with zero attached hydrogens (tertiary/aromatic N) is 2. The number of hydrogen-bond acceptors (Lipinski definition) is 4. The summed E-state index contributed by atoms with van der Waals surface area (Å²) in [5.74, 6) is 0.0945. The largest absolute Gasteiger partial charge is 0.390 e. The fraction of sp³-hybridized carbons (Fsp3) is 0.682. The van der Waals surface area contributed by atoms with Gasteiger partial charge in [-0.2, -0.15) is 0 Å². The maximum Gasteiger partial charge on any atom is 0.253 e. The monoisotopic (exact) mass is 374 g/mol. The third-order valence-electron chi connectivity index (χ3n) is 5.50. The molecule has 2 heterocycles. The maximum absolute atomic E-state index is 13.1. The molecule has 1 N–H and O–H groups in total. The molecular formula is C22H34N2O3. The van der Waals surface area contributed by atoms with E-state index in [-0.39, 0.29) is 12.0 Å². The van der Waals surface area contributed by atoms with Gasteiger partial charge in [-0.1, -0.05) is 12.1 Å². The molecule has 3 rings (SSSR count). The van der Waals surface area contributed by atoms with E-state index in [1.807, 2.05) is 43.0 Å². The molecule has 1 aromatic carbocycles. The molecule has 0 unspecified atom stereocenters. The summed E-state index contributed by atoms with van der Waals surface area (Å²) in [5, 5.41) is 9.95. The van der Waals surface area contributed by atoms with Crippen LogP contribution in [0.25, 0.3) is 0 Å². The molecule has 0 aliphatic carbocycles. The molecular weight excluding hydrogens is 340 g/mol. The second kappa shape index (κ2) is 9.18. The van der Waals surface area contributed by atoms with E-state index in [4.69, 9.17) is 4.74 Å². The van der Waals surface area contributed by atoms with Gasteiger partial charge in [-0.25, -0.2) is 0 Å². The Morgan fingerprint density at radius 3 is 2.74 bits per heavy atom. The van der Waals surface area contributed by atoms with Crippen LogP contribution < -0.4 is 0 Å². The summed E-state index contributed by atoms with van der Waals surface area (Å²) < 4.78 is 6.02. The standard InChI is InChI=1S/C22H34N2O3/c1-22(2,26)10-9-18-7-5-8-19(15-18)21(25)24-13-6-14-27-20(17-24)16-23-11-3-4-12-23/h5,7-8,15,20,26H,3-4,6,9-14,16-17H2,1-2H3/t20-/m1/s1. The SMILES string of the molecule is CC(C)(O)CCc1cccc(C(=O)N2CCCO[C@H](CN3CCCC3)C2)c1. The lowest BCUT2D eigenvalue weighted by molar-refractivity contribution is 0.0297. The molecule has 0 saturated carbocycles. The van der Waals surface area contributed by atoms with Crippen LogP contribution >= 0.6 is 0 Å². The lowest BCUT2D eigenvalue weighted by Gasteiger charge is -2.27. The van der Waals surface area contributed by atoms with Crippen molar-refractivity contribution in [2.24, 2.45) is 0 Å². The van der Waals surface area contributed by atoms with Crippen molar-refractivity contribution in [3.05, 3.63) is 35.4 Å². The normalized spacial score (nSPS) is 22.0. The number of rotatable bonds is 6. The van der Waals surface area contributed by atoms with E-state index in [9.17, 15) is 9.90 Å². The Bertz CT molecular complexity index is 620. The first-order chi connectivity index (χ1) is 12.9. The molecule has 2 saturated heterocycles. The molecule has 2 fully saturated rings. The Morgan fingerprint density at radius 1 is 1.22 bits per heavy atom. The number of hydrogen-bond donors (Lipinski definition) is 1. The number of aryl methyl sites for hydroxylation is 1. The highest BCUT2D eigenvalue weighted by atomic mass is 16.5. The van der Waals surface area contributed by atoms with Gasteiger partial charge in [0.1, 0.15) is 0 Å². The molecule has 5 heteroatoms. The van der Waals surface area contributed by atoms with Crippen LogP contribution in [0, 0.1) is 0 Å². The van der Waals surface area contributed by atoms with Gasteiger partial charge in [-0.15, -0.1) is 0 Å². The van der Waals surface area contributed by atoms with E-state index in [2.05, 4.69) is 4.90 Å². The lowest BCUT2D eigenvalue weighted by atomic mass is 9.97. The van der Waals surface area contributed by atoms with Gasteiger partial charge < -0.3 is 19.6 Å². The number of likely N-dealkylation sites (tertiary alicyclic amines) is 1. The Hall–Kier alpha value is -1.43. The van der Waals surface area contributed by atoms with Crippen molar-refractivity contribution >= 4 is 5.91 Å². The van der Waals surface area contributed by atoms with Crippen molar-refractivity contribution < 1.29 is 14.6 Å². The minimum absolute atomic E-state index is 0.0945. The van der Waals surface area contributed by atoms with Crippen LogP contribution in [-0.2, 0) is 11.2 Å². The number of benzene rings is 1. The zero-order valence-electron chi connectivity index (χ0n) is 16.8. The van der Waals surface area contributed by atoms with Crippen molar-refractivity contribution in [2.45, 2.75) is 57.7 Å². The number of carbonyl (C=O) groups excluding carboxylic acids is 1. The zero-order valence-corrected chi connectivity index (χ0v) is 16.8. The molecule has 1 amide bonds. The van der Waals surface area contributed by atoms with E-state index in [1.54, 1.807) is 0 Å². The fourth-order valence-corrected chi connectivity index (χ4v) is 3.94. The van der Waals surface area contributed by atoms with Crippen LogP contribution in [-0.4, -0.2) is 71.8 Å². The third-order valence-corrected chi connectivity index (χ3v) is 5.50. The highest BCUT2D eigenvalue weighted by Gasteiger charge is 2.26. The molecule has 5 nitrogen and oxygen atoms in total. The molecule has 0 radical (unpaired) electrons. The van der Waals surface area contributed by atoms with E-state index in [0.29, 0.717) is 13.0 Å². The van der Waals surface area contributed by atoms with Crippen LogP contribution in [0.2, 0.25) is 0 Å². The summed E-state index contributed by atoms with van der Waals surface area (Å²) in [6.45, 7) is 9.02. The average Bonchev–Trinajstić information content (AvgIpc) is 3.03. The summed E-state index contributed by atoms with van der Waals surface area (Å²) in [6, 6.07) is 7.86. The first kappa shape index (κ1) is 20.3. The topological polar surface area (TPSA) is 53.0 Å². The predicted octanol–water partition coefficient (Wildman–Crippen LogP) is 2.72. The molecule has 0 spiro atoms. The number of aliphatic hydroxyl groups is 1. The fourth-order valence-electron chi connectivity index (χ4n) is 3.94. The molecule has 2 aliphatic heterocycles. The Morgan fingerprint density at radius 2 is 2.00 bits per heavy atom. The molecule has 0 bridgehead atoms. The molecule has 150 valence electrons. The van der Waals surface area contributed by atoms with Gasteiger partial charge in [0.15, 0.2) is 0 Å². The smallest absolute Gasteiger partial charge is 0.253 e. The Labute approximate surface area is 163 Å². The molecule has 2 aliphatic rings. The lowest BCUT2D eigenvalue weighted by Crippen LogP contribution is -2.41. The molecule has 0 aromatic heterocycles. The van der Waals surface area contributed by atoms with Crippen LogP contribution in [0.4, 0.5) is 0 Å². The van der Waals surface area contributed by atoms with Crippen molar-refractivity contribution in [1.29, 1.82) is 0 Å². The number of amides is 1. The molecule has 27 heavy (non-hydrogen) atoms. The number of carbonyl (C=O) groups is 1. The summed E-state index contributed by atoms with van der Waals surface area (Å²) >= 11 is 0. The Kier molecular flexibility index (Phi) is 6.90. The third kappa shape index (κ3) is 6.30. The van der Waals surface area contributed by atoms with E-state index in [1.165, 1.54) is 12.8 Å². The van der Waals surface area contributed by atoms with Gasteiger partial charge in [0.05, 0.1) is 11.7 Å². The van der Waals surface area contributed by atoms with Gasteiger partial charge in [-0.3, -0.25) is 4.79 Å². The summed E-state index contributed by atoms with van der Waals surface area (Å²) in [7, 11) is 0. The minimum atomic E-state index is -0.690. The average molecular weight is 375 g/mol.